The predicted octanol–water partition coefficient (Wildman–Crippen LogP) is 2.10. The molecule has 1 amide bonds. The molecular weight excluding hydrogens is 231 g/mol. The Morgan fingerprint density at radius 3 is 3.00 bits per heavy atom. The molecule has 4 heteroatoms. The van der Waals surface area contributed by atoms with Crippen LogP contribution in [0.15, 0.2) is 24.3 Å². The van der Waals surface area contributed by atoms with Gasteiger partial charge in [-0.3, -0.25) is 4.79 Å². The maximum absolute atomic E-state index is 13.2. The number of halogens is 1. The minimum atomic E-state index is -0.255. The average molecular weight is 250 g/mol. The van der Waals surface area contributed by atoms with Crippen molar-refractivity contribution >= 4 is 5.91 Å². The number of carbonyl (C=O) groups excluding carboxylic acids is 1. The molecule has 1 aliphatic rings. The summed E-state index contributed by atoms with van der Waals surface area (Å²) in [6.07, 6.45) is 0.826. The minimum absolute atomic E-state index is 0.0724. The molecule has 0 bridgehead atoms. The molecule has 1 fully saturated rings. The van der Waals surface area contributed by atoms with E-state index >= 15 is 0 Å². The van der Waals surface area contributed by atoms with Gasteiger partial charge in [-0.05, 0) is 37.6 Å². The molecule has 0 aliphatic carbocycles. The second kappa shape index (κ2) is 5.48. The summed E-state index contributed by atoms with van der Waals surface area (Å²) in [5.41, 5.74) is 0.848. The number of carbonyl (C=O) groups is 1. The Morgan fingerprint density at radius 1 is 1.56 bits per heavy atom. The van der Waals surface area contributed by atoms with Gasteiger partial charge < -0.3 is 10.2 Å². The highest BCUT2D eigenvalue weighted by Crippen LogP contribution is 2.26. The molecule has 3 nitrogen and oxygen atoms in total. The number of likely N-dealkylation sites (N-methyl/N-ethyl adjacent to an activating group) is 1. The molecule has 1 heterocycles. The maximum Gasteiger partial charge on any atom is 0.240 e. The van der Waals surface area contributed by atoms with Crippen LogP contribution in [0.25, 0.3) is 0 Å². The number of rotatable bonds is 4. The van der Waals surface area contributed by atoms with Gasteiger partial charge in [0.1, 0.15) is 5.82 Å². The number of hydrogen-bond acceptors (Lipinski definition) is 2. The summed E-state index contributed by atoms with van der Waals surface area (Å²) in [7, 11) is 0. The SMILES string of the molecule is CCNC1CCN(C(C)c2cccc(F)c2)C1=O. The van der Waals surface area contributed by atoms with Crippen LogP contribution in [0.2, 0.25) is 0 Å². The molecule has 0 spiro atoms. The maximum atomic E-state index is 13.2. The van der Waals surface area contributed by atoms with Crippen molar-refractivity contribution in [2.24, 2.45) is 0 Å². The molecule has 1 N–H and O–H groups in total. The molecule has 1 saturated heterocycles. The monoisotopic (exact) mass is 250 g/mol. The quantitative estimate of drug-likeness (QED) is 0.887. The Labute approximate surface area is 107 Å². The first-order valence-corrected chi connectivity index (χ1v) is 6.42. The van der Waals surface area contributed by atoms with Crippen molar-refractivity contribution in [2.75, 3.05) is 13.1 Å². The molecule has 1 aliphatic heterocycles. The van der Waals surface area contributed by atoms with E-state index in [0.717, 1.165) is 25.1 Å². The summed E-state index contributed by atoms with van der Waals surface area (Å²) in [5.74, 6) is -0.136. The number of amides is 1. The molecule has 98 valence electrons. The standard InChI is InChI=1S/C14H19FN2O/c1-3-16-13-7-8-17(14(13)18)10(2)11-5-4-6-12(15)9-11/h4-6,9-10,13,16H,3,7-8H2,1-2H3. The highest BCUT2D eigenvalue weighted by molar-refractivity contribution is 5.84. The van der Waals surface area contributed by atoms with Gasteiger partial charge in [-0.2, -0.15) is 0 Å². The number of nitrogens with one attached hydrogen (secondary N) is 1. The second-order valence-electron chi connectivity index (χ2n) is 4.66. The van der Waals surface area contributed by atoms with Crippen LogP contribution in [0.5, 0.6) is 0 Å². The topological polar surface area (TPSA) is 32.3 Å². The number of benzene rings is 1. The van der Waals surface area contributed by atoms with E-state index in [9.17, 15) is 9.18 Å². The molecule has 1 aromatic carbocycles. The van der Waals surface area contributed by atoms with Crippen LogP contribution >= 0.6 is 0 Å². The van der Waals surface area contributed by atoms with Crippen molar-refractivity contribution in [3.8, 4) is 0 Å². The number of nitrogens with zero attached hydrogens (tertiary/aromatic N) is 1. The van der Waals surface area contributed by atoms with E-state index in [-0.39, 0.29) is 23.8 Å². The lowest BCUT2D eigenvalue weighted by Crippen LogP contribution is -2.39. The van der Waals surface area contributed by atoms with Gasteiger partial charge in [0.05, 0.1) is 12.1 Å². The number of likely N-dealkylation sites (tertiary alicyclic amines) is 1. The van der Waals surface area contributed by atoms with Crippen LogP contribution in [0, 0.1) is 5.82 Å². The minimum Gasteiger partial charge on any atom is -0.335 e. The first-order chi connectivity index (χ1) is 8.63. The van der Waals surface area contributed by atoms with Gasteiger partial charge in [-0.1, -0.05) is 19.1 Å². The predicted molar refractivity (Wildman–Crippen MR) is 68.6 cm³/mol. The average Bonchev–Trinajstić information content (AvgIpc) is 2.71. The summed E-state index contributed by atoms with van der Waals surface area (Å²) < 4.78 is 13.2. The van der Waals surface area contributed by atoms with Gasteiger partial charge >= 0.3 is 0 Å². The zero-order valence-corrected chi connectivity index (χ0v) is 10.8. The molecule has 0 radical (unpaired) electrons. The van der Waals surface area contributed by atoms with Crippen molar-refractivity contribution in [1.29, 1.82) is 0 Å². The molecule has 2 atom stereocenters. The fraction of sp³-hybridized carbons (Fsp3) is 0.500. The lowest BCUT2D eigenvalue weighted by Gasteiger charge is -2.25. The van der Waals surface area contributed by atoms with Crippen molar-refractivity contribution in [3.63, 3.8) is 0 Å². The highest BCUT2D eigenvalue weighted by Gasteiger charge is 2.34. The zero-order chi connectivity index (χ0) is 13.1. The lowest BCUT2D eigenvalue weighted by molar-refractivity contribution is -0.131. The molecule has 1 aromatic rings. The van der Waals surface area contributed by atoms with Crippen LogP contribution < -0.4 is 5.32 Å². The third-order valence-corrected chi connectivity index (χ3v) is 3.49. The molecule has 2 rings (SSSR count). The van der Waals surface area contributed by atoms with Gasteiger partial charge in [-0.25, -0.2) is 4.39 Å². The van der Waals surface area contributed by atoms with Crippen molar-refractivity contribution in [1.82, 2.24) is 10.2 Å². The van der Waals surface area contributed by atoms with Crippen molar-refractivity contribution in [3.05, 3.63) is 35.6 Å². The van der Waals surface area contributed by atoms with E-state index < -0.39 is 0 Å². The third kappa shape index (κ3) is 2.53. The van der Waals surface area contributed by atoms with E-state index in [1.54, 1.807) is 6.07 Å². The van der Waals surface area contributed by atoms with Gasteiger partial charge in [0, 0.05) is 6.54 Å². The van der Waals surface area contributed by atoms with Gasteiger partial charge in [0.2, 0.25) is 5.91 Å². The summed E-state index contributed by atoms with van der Waals surface area (Å²) in [5, 5.41) is 3.18. The molecule has 0 saturated carbocycles. The Balaban J connectivity index is 2.11. The van der Waals surface area contributed by atoms with Crippen LogP contribution in [0.3, 0.4) is 0 Å². The van der Waals surface area contributed by atoms with E-state index in [4.69, 9.17) is 0 Å². The Bertz CT molecular complexity index is 436. The lowest BCUT2D eigenvalue weighted by atomic mass is 10.1. The summed E-state index contributed by atoms with van der Waals surface area (Å²) in [4.78, 5) is 14.0. The third-order valence-electron chi connectivity index (χ3n) is 3.49. The van der Waals surface area contributed by atoms with Crippen LogP contribution in [-0.2, 0) is 4.79 Å². The molecule has 2 unspecified atom stereocenters. The Kier molecular flexibility index (Phi) is 3.97. The van der Waals surface area contributed by atoms with E-state index in [0.29, 0.717) is 0 Å². The highest BCUT2D eigenvalue weighted by atomic mass is 19.1. The van der Waals surface area contributed by atoms with E-state index in [1.807, 2.05) is 24.8 Å². The van der Waals surface area contributed by atoms with Gasteiger partial charge in [-0.15, -0.1) is 0 Å². The molecular formula is C14H19FN2O. The first-order valence-electron chi connectivity index (χ1n) is 6.42. The van der Waals surface area contributed by atoms with E-state index in [1.165, 1.54) is 12.1 Å². The van der Waals surface area contributed by atoms with Crippen molar-refractivity contribution < 1.29 is 9.18 Å². The van der Waals surface area contributed by atoms with Crippen LogP contribution in [0.1, 0.15) is 31.9 Å². The van der Waals surface area contributed by atoms with Gasteiger partial charge in [0.25, 0.3) is 0 Å². The first kappa shape index (κ1) is 13.0. The fourth-order valence-corrected chi connectivity index (χ4v) is 2.47. The normalized spacial score (nSPS) is 21.4. The van der Waals surface area contributed by atoms with E-state index in [2.05, 4.69) is 5.32 Å². The van der Waals surface area contributed by atoms with Crippen LogP contribution in [0.4, 0.5) is 4.39 Å². The summed E-state index contributed by atoms with van der Waals surface area (Å²) in [6, 6.07) is 6.32. The second-order valence-corrected chi connectivity index (χ2v) is 4.66. The zero-order valence-electron chi connectivity index (χ0n) is 10.8. The summed E-state index contributed by atoms with van der Waals surface area (Å²) >= 11 is 0. The molecule has 0 aromatic heterocycles. The fourth-order valence-electron chi connectivity index (χ4n) is 2.47. The Hall–Kier alpha value is -1.42. The summed E-state index contributed by atoms with van der Waals surface area (Å²) in [6.45, 7) is 5.46. The largest absolute Gasteiger partial charge is 0.335 e. The number of hydrogen-bond donors (Lipinski definition) is 1. The van der Waals surface area contributed by atoms with Crippen LogP contribution in [-0.4, -0.2) is 29.9 Å². The smallest absolute Gasteiger partial charge is 0.240 e. The molecule has 18 heavy (non-hydrogen) atoms. The van der Waals surface area contributed by atoms with Crippen molar-refractivity contribution in [2.45, 2.75) is 32.4 Å². The Morgan fingerprint density at radius 2 is 2.33 bits per heavy atom. The van der Waals surface area contributed by atoms with Gasteiger partial charge in [0.15, 0.2) is 0 Å².